The molecule has 7 nitrogen and oxygen atoms in total. The number of methoxy groups -OCH3 is 3. The zero-order valence-corrected chi connectivity index (χ0v) is 15.7. The lowest BCUT2D eigenvalue weighted by Gasteiger charge is -2.08. The predicted molar refractivity (Wildman–Crippen MR) is 98.1 cm³/mol. The Morgan fingerprint density at radius 1 is 0.931 bits per heavy atom. The number of hydrogen-bond donors (Lipinski definition) is 0. The first-order valence-corrected chi connectivity index (χ1v) is 8.32. The van der Waals surface area contributed by atoms with Crippen molar-refractivity contribution in [3.05, 3.63) is 65.4 Å². The highest BCUT2D eigenvalue weighted by molar-refractivity contribution is 6.07. The Kier molecular flexibility index (Phi) is 5.58. The first-order chi connectivity index (χ1) is 13.9. The van der Waals surface area contributed by atoms with Gasteiger partial charge in [-0.25, -0.2) is 23.1 Å². The molecular formula is C20H16F2N2O5. The van der Waals surface area contributed by atoms with Gasteiger partial charge in [-0.1, -0.05) is 18.2 Å². The maximum atomic E-state index is 14.9. The van der Waals surface area contributed by atoms with Crippen LogP contribution in [0.25, 0.3) is 16.9 Å². The monoisotopic (exact) mass is 402 g/mol. The number of benzene rings is 2. The highest BCUT2D eigenvalue weighted by Crippen LogP contribution is 2.35. The summed E-state index contributed by atoms with van der Waals surface area (Å²) in [4.78, 5) is 25.0. The molecule has 3 rings (SSSR count). The molecule has 0 bridgehead atoms. The highest BCUT2D eigenvalue weighted by Gasteiger charge is 2.34. The fraction of sp³-hybridized carbons (Fsp3) is 0.150. The summed E-state index contributed by atoms with van der Waals surface area (Å²) < 4.78 is 45.0. The third kappa shape index (κ3) is 3.42. The van der Waals surface area contributed by atoms with Crippen LogP contribution in [0.3, 0.4) is 0 Å². The van der Waals surface area contributed by atoms with E-state index in [4.69, 9.17) is 14.2 Å². The van der Waals surface area contributed by atoms with Crippen LogP contribution in [0, 0.1) is 11.6 Å². The average molecular weight is 402 g/mol. The minimum Gasteiger partial charge on any atom is -0.494 e. The summed E-state index contributed by atoms with van der Waals surface area (Å²) >= 11 is 0. The number of carbonyl (C=O) groups excluding carboxylic acids is 2. The van der Waals surface area contributed by atoms with E-state index >= 15 is 0 Å². The van der Waals surface area contributed by atoms with E-state index in [1.54, 1.807) is 30.3 Å². The maximum Gasteiger partial charge on any atom is 0.357 e. The molecule has 0 radical (unpaired) electrons. The van der Waals surface area contributed by atoms with Gasteiger partial charge >= 0.3 is 11.9 Å². The normalized spacial score (nSPS) is 10.5. The van der Waals surface area contributed by atoms with Crippen molar-refractivity contribution < 1.29 is 32.6 Å². The molecule has 29 heavy (non-hydrogen) atoms. The second kappa shape index (κ2) is 8.09. The van der Waals surface area contributed by atoms with Gasteiger partial charge in [0.1, 0.15) is 17.1 Å². The van der Waals surface area contributed by atoms with Crippen molar-refractivity contribution in [2.75, 3.05) is 21.3 Å². The average Bonchev–Trinajstić information content (AvgIpc) is 3.13. The molecule has 0 fully saturated rings. The first kappa shape index (κ1) is 20.0. The molecular weight excluding hydrogens is 386 g/mol. The van der Waals surface area contributed by atoms with E-state index in [-0.39, 0.29) is 11.4 Å². The van der Waals surface area contributed by atoms with Gasteiger partial charge in [-0.05, 0) is 24.3 Å². The molecule has 0 saturated heterocycles. The Bertz CT molecular complexity index is 1080. The minimum atomic E-state index is -1.08. The lowest BCUT2D eigenvalue weighted by Crippen LogP contribution is -2.15. The van der Waals surface area contributed by atoms with Gasteiger partial charge in [0.15, 0.2) is 17.3 Å². The molecule has 0 unspecified atom stereocenters. The van der Waals surface area contributed by atoms with E-state index in [2.05, 4.69) is 5.10 Å². The van der Waals surface area contributed by atoms with E-state index in [0.717, 1.165) is 31.0 Å². The second-order valence-electron chi connectivity index (χ2n) is 5.74. The maximum absolute atomic E-state index is 14.9. The summed E-state index contributed by atoms with van der Waals surface area (Å²) in [5.74, 6) is -4.28. The number of para-hydroxylation sites is 1. The van der Waals surface area contributed by atoms with Gasteiger partial charge < -0.3 is 14.2 Å². The third-order valence-corrected chi connectivity index (χ3v) is 4.17. The van der Waals surface area contributed by atoms with Crippen LogP contribution in [0.2, 0.25) is 0 Å². The quantitative estimate of drug-likeness (QED) is 0.609. The molecule has 0 aliphatic heterocycles. The van der Waals surface area contributed by atoms with Crippen LogP contribution in [-0.4, -0.2) is 43.0 Å². The molecule has 0 saturated carbocycles. The number of rotatable bonds is 5. The number of esters is 2. The second-order valence-corrected chi connectivity index (χ2v) is 5.74. The largest absolute Gasteiger partial charge is 0.494 e. The Hall–Kier alpha value is -3.75. The molecule has 0 amide bonds. The van der Waals surface area contributed by atoms with E-state index in [0.29, 0.717) is 5.69 Å². The highest BCUT2D eigenvalue weighted by atomic mass is 19.1. The number of ether oxygens (including phenoxy) is 3. The van der Waals surface area contributed by atoms with Gasteiger partial charge in [-0.15, -0.1) is 0 Å². The number of aromatic nitrogens is 2. The Labute approximate surface area is 164 Å². The zero-order valence-electron chi connectivity index (χ0n) is 15.7. The molecule has 0 N–H and O–H groups in total. The molecule has 1 aromatic heterocycles. The van der Waals surface area contributed by atoms with E-state index in [1.165, 1.54) is 7.11 Å². The number of hydrogen-bond acceptors (Lipinski definition) is 6. The topological polar surface area (TPSA) is 79.7 Å². The third-order valence-electron chi connectivity index (χ3n) is 4.17. The number of carbonyl (C=O) groups is 2. The summed E-state index contributed by atoms with van der Waals surface area (Å²) in [7, 11) is 3.40. The van der Waals surface area contributed by atoms with Crippen LogP contribution in [0.4, 0.5) is 8.78 Å². The van der Waals surface area contributed by atoms with Gasteiger partial charge in [0.25, 0.3) is 0 Å². The van der Waals surface area contributed by atoms with Crippen molar-refractivity contribution in [3.8, 4) is 22.7 Å². The molecule has 0 spiro atoms. The minimum absolute atomic E-state index is 0.258. The van der Waals surface area contributed by atoms with E-state index in [1.807, 2.05) is 0 Å². The summed E-state index contributed by atoms with van der Waals surface area (Å²) in [6.07, 6.45) is 0. The standard InChI is InChI=1S/C20H16F2N2O5/c1-27-13-10-9-12(21)14(16(13)22)17-15(19(25)28-2)18(20(26)29-3)24(23-17)11-7-5-4-6-8-11/h4-10H,1-3H3. The van der Waals surface area contributed by atoms with Crippen LogP contribution in [-0.2, 0) is 9.47 Å². The summed E-state index contributed by atoms with van der Waals surface area (Å²) in [5, 5.41) is 4.17. The molecule has 2 aromatic carbocycles. The zero-order chi connectivity index (χ0) is 21.1. The Morgan fingerprint density at radius 2 is 1.59 bits per heavy atom. The smallest absolute Gasteiger partial charge is 0.357 e. The first-order valence-electron chi connectivity index (χ1n) is 8.32. The molecule has 0 aliphatic carbocycles. The lowest BCUT2D eigenvalue weighted by molar-refractivity contribution is 0.0549. The SMILES string of the molecule is COC(=O)c1c(-c2c(F)ccc(OC)c2F)nn(-c2ccccc2)c1C(=O)OC. The van der Waals surface area contributed by atoms with Gasteiger partial charge in [0, 0.05) is 0 Å². The molecule has 9 heteroatoms. The van der Waals surface area contributed by atoms with Crippen molar-refractivity contribution in [1.29, 1.82) is 0 Å². The molecule has 3 aromatic rings. The number of halogens is 2. The summed E-state index contributed by atoms with van der Waals surface area (Å²) in [6, 6.07) is 10.3. The molecule has 150 valence electrons. The van der Waals surface area contributed by atoms with E-state index < -0.39 is 40.4 Å². The van der Waals surface area contributed by atoms with Crippen molar-refractivity contribution in [2.24, 2.45) is 0 Å². The summed E-state index contributed by atoms with van der Waals surface area (Å²) in [5.41, 5.74) is -1.45. The number of nitrogens with zero attached hydrogens (tertiary/aromatic N) is 2. The van der Waals surface area contributed by atoms with Gasteiger partial charge in [0.2, 0.25) is 0 Å². The molecule has 1 heterocycles. The summed E-state index contributed by atoms with van der Waals surface area (Å²) in [6.45, 7) is 0. The van der Waals surface area contributed by atoms with Crippen LogP contribution >= 0.6 is 0 Å². The van der Waals surface area contributed by atoms with Gasteiger partial charge in [-0.2, -0.15) is 5.10 Å². The van der Waals surface area contributed by atoms with Crippen molar-refractivity contribution in [1.82, 2.24) is 9.78 Å². The van der Waals surface area contributed by atoms with E-state index in [9.17, 15) is 18.4 Å². The van der Waals surface area contributed by atoms with Crippen molar-refractivity contribution in [3.63, 3.8) is 0 Å². The molecule has 0 aliphatic rings. The lowest BCUT2D eigenvalue weighted by atomic mass is 10.0. The van der Waals surface area contributed by atoms with Crippen LogP contribution in [0.1, 0.15) is 20.8 Å². The van der Waals surface area contributed by atoms with Gasteiger partial charge in [0.05, 0.1) is 32.6 Å². The Balaban J connectivity index is 2.44. The van der Waals surface area contributed by atoms with Crippen molar-refractivity contribution in [2.45, 2.75) is 0 Å². The predicted octanol–water partition coefficient (Wildman–Crippen LogP) is 3.40. The Morgan fingerprint density at radius 3 is 2.17 bits per heavy atom. The fourth-order valence-corrected chi connectivity index (χ4v) is 2.84. The molecule has 0 atom stereocenters. The van der Waals surface area contributed by atoms with Crippen molar-refractivity contribution >= 4 is 11.9 Å². The van der Waals surface area contributed by atoms with Crippen LogP contribution < -0.4 is 4.74 Å². The van der Waals surface area contributed by atoms with Gasteiger partial charge in [-0.3, -0.25) is 0 Å². The van der Waals surface area contributed by atoms with Crippen LogP contribution in [0.5, 0.6) is 5.75 Å². The fourth-order valence-electron chi connectivity index (χ4n) is 2.84. The van der Waals surface area contributed by atoms with Crippen LogP contribution in [0.15, 0.2) is 42.5 Å².